The standard InChI is InChI=1S/C23H25F3N6O5S2/c1-5-31(3)21(34)17-11-27-22(38-17)32-19(29-18(30-32)13-6-7-13)12(2)28-20(33)14-8-15(37-23(24,25)26)10-16(9-14)39(4,35)36/h8-13H,5-7H2,1-4H3,(H,28,33)/t12-/m0/s1. The third-order valence-corrected chi connectivity index (χ3v) is 7.89. The fraction of sp³-hybridized carbons (Fsp3) is 0.435. The van der Waals surface area contributed by atoms with Gasteiger partial charge in [-0.1, -0.05) is 11.3 Å². The van der Waals surface area contributed by atoms with E-state index in [1.54, 1.807) is 14.0 Å². The van der Waals surface area contributed by atoms with Gasteiger partial charge in [-0.25, -0.2) is 18.4 Å². The van der Waals surface area contributed by atoms with E-state index in [9.17, 15) is 31.2 Å². The van der Waals surface area contributed by atoms with Crippen LogP contribution in [0, 0.1) is 0 Å². The largest absolute Gasteiger partial charge is 0.573 e. The number of alkyl halides is 3. The average molecular weight is 587 g/mol. The maximum atomic E-state index is 13.1. The monoisotopic (exact) mass is 586 g/mol. The molecule has 0 aliphatic heterocycles. The number of amides is 2. The summed E-state index contributed by atoms with van der Waals surface area (Å²) in [6, 6.07) is 1.63. The second-order valence-electron chi connectivity index (χ2n) is 9.05. The van der Waals surface area contributed by atoms with Crippen LogP contribution < -0.4 is 10.1 Å². The molecule has 0 bridgehead atoms. The average Bonchev–Trinajstić information content (AvgIpc) is 3.40. The van der Waals surface area contributed by atoms with Crippen molar-refractivity contribution >= 4 is 33.0 Å². The van der Waals surface area contributed by atoms with Crippen molar-refractivity contribution in [2.45, 2.75) is 49.9 Å². The van der Waals surface area contributed by atoms with Crippen LogP contribution in [0.15, 0.2) is 29.3 Å². The number of nitrogens with zero attached hydrogens (tertiary/aromatic N) is 5. The molecule has 16 heteroatoms. The van der Waals surface area contributed by atoms with Crippen molar-refractivity contribution in [1.29, 1.82) is 0 Å². The fourth-order valence-corrected chi connectivity index (χ4v) is 5.07. The lowest BCUT2D eigenvalue weighted by molar-refractivity contribution is -0.274. The smallest absolute Gasteiger partial charge is 0.406 e. The van der Waals surface area contributed by atoms with Crippen LogP contribution in [-0.4, -0.2) is 71.1 Å². The van der Waals surface area contributed by atoms with Gasteiger partial charge in [0.05, 0.1) is 17.1 Å². The van der Waals surface area contributed by atoms with Gasteiger partial charge < -0.3 is 15.0 Å². The first-order chi connectivity index (χ1) is 18.2. The number of rotatable bonds is 9. The summed E-state index contributed by atoms with van der Waals surface area (Å²) in [5.74, 6) is -0.946. The highest BCUT2D eigenvalue weighted by Crippen LogP contribution is 2.39. The number of carbonyl (C=O) groups is 2. The maximum absolute atomic E-state index is 13.1. The second kappa shape index (κ2) is 10.6. The minimum Gasteiger partial charge on any atom is -0.406 e. The van der Waals surface area contributed by atoms with Gasteiger partial charge in [0.15, 0.2) is 21.5 Å². The van der Waals surface area contributed by atoms with Gasteiger partial charge in [0.2, 0.25) is 5.13 Å². The SMILES string of the molecule is CCN(C)C(=O)c1cnc(-n2nc(C3CC3)nc2[C@H](C)NC(=O)c2cc(OC(F)(F)F)cc(S(C)(=O)=O)c2)s1. The summed E-state index contributed by atoms with van der Waals surface area (Å²) < 4.78 is 67.8. The maximum Gasteiger partial charge on any atom is 0.573 e. The summed E-state index contributed by atoms with van der Waals surface area (Å²) in [7, 11) is -2.30. The van der Waals surface area contributed by atoms with Gasteiger partial charge in [-0.15, -0.1) is 18.3 Å². The molecule has 1 N–H and O–H groups in total. The highest BCUT2D eigenvalue weighted by atomic mass is 32.2. The summed E-state index contributed by atoms with van der Waals surface area (Å²) in [5.41, 5.74) is -0.359. The Labute approximate surface area is 225 Å². The lowest BCUT2D eigenvalue weighted by Crippen LogP contribution is -2.29. The highest BCUT2D eigenvalue weighted by Gasteiger charge is 2.33. The molecule has 1 fully saturated rings. The van der Waals surface area contributed by atoms with Gasteiger partial charge in [0.1, 0.15) is 10.6 Å². The molecule has 1 aliphatic carbocycles. The number of carbonyl (C=O) groups excluding carboxylic acids is 2. The normalized spacial score (nSPS) is 14.6. The predicted molar refractivity (Wildman–Crippen MR) is 134 cm³/mol. The van der Waals surface area contributed by atoms with Gasteiger partial charge in [0.25, 0.3) is 11.8 Å². The lowest BCUT2D eigenvalue weighted by Gasteiger charge is -2.15. The molecule has 1 saturated carbocycles. The molecule has 0 saturated heterocycles. The number of hydrogen-bond acceptors (Lipinski definition) is 9. The van der Waals surface area contributed by atoms with Gasteiger partial charge in [-0.05, 0) is 44.9 Å². The van der Waals surface area contributed by atoms with Crippen molar-refractivity contribution in [2.75, 3.05) is 19.8 Å². The molecule has 0 radical (unpaired) electrons. The summed E-state index contributed by atoms with van der Waals surface area (Å²) in [4.78, 5) is 35.9. The van der Waals surface area contributed by atoms with Crippen molar-refractivity contribution < 1.29 is 35.9 Å². The van der Waals surface area contributed by atoms with Gasteiger partial charge >= 0.3 is 6.36 Å². The Hall–Kier alpha value is -3.53. The van der Waals surface area contributed by atoms with E-state index in [0.717, 1.165) is 42.6 Å². The van der Waals surface area contributed by atoms with Crippen LogP contribution in [-0.2, 0) is 9.84 Å². The van der Waals surface area contributed by atoms with E-state index < -0.39 is 38.8 Å². The molecule has 2 heterocycles. The third kappa shape index (κ3) is 6.73. The van der Waals surface area contributed by atoms with Crippen LogP contribution in [0.3, 0.4) is 0 Å². The predicted octanol–water partition coefficient (Wildman–Crippen LogP) is 3.49. The topological polar surface area (TPSA) is 136 Å². The molecule has 2 amide bonds. The van der Waals surface area contributed by atoms with Crippen molar-refractivity contribution in [3.05, 3.63) is 46.5 Å². The number of benzene rings is 1. The Morgan fingerprint density at radius 3 is 2.56 bits per heavy atom. The number of aromatic nitrogens is 4. The zero-order valence-corrected chi connectivity index (χ0v) is 22.9. The van der Waals surface area contributed by atoms with Crippen LogP contribution in [0.4, 0.5) is 13.2 Å². The van der Waals surface area contributed by atoms with E-state index in [2.05, 4.69) is 25.1 Å². The Morgan fingerprint density at radius 1 is 1.28 bits per heavy atom. The number of halogens is 3. The quantitative estimate of drug-likeness (QED) is 0.403. The number of hydrogen-bond donors (Lipinski definition) is 1. The molecule has 3 aromatic rings. The Morgan fingerprint density at radius 2 is 1.97 bits per heavy atom. The molecular formula is C23H25F3N6O5S2. The second-order valence-corrected chi connectivity index (χ2v) is 12.1. The zero-order chi connectivity index (χ0) is 28.7. The fourth-order valence-electron chi connectivity index (χ4n) is 3.52. The Balaban J connectivity index is 1.65. The van der Waals surface area contributed by atoms with E-state index in [0.29, 0.717) is 28.4 Å². The number of ether oxygens (including phenoxy) is 1. The van der Waals surface area contributed by atoms with Crippen LogP contribution in [0.25, 0.3) is 5.13 Å². The van der Waals surface area contributed by atoms with Crippen LogP contribution in [0.2, 0.25) is 0 Å². The van der Waals surface area contributed by atoms with E-state index in [-0.39, 0.29) is 23.2 Å². The minimum absolute atomic E-state index is 0.147. The molecule has 1 atom stereocenters. The summed E-state index contributed by atoms with van der Waals surface area (Å²) in [5, 5.41) is 7.51. The first kappa shape index (κ1) is 28.5. The van der Waals surface area contributed by atoms with Crippen molar-refractivity contribution in [2.24, 2.45) is 0 Å². The molecule has 0 unspecified atom stereocenters. The van der Waals surface area contributed by atoms with Crippen molar-refractivity contribution in [3.8, 4) is 10.9 Å². The molecular weight excluding hydrogens is 561 g/mol. The molecule has 2 aromatic heterocycles. The van der Waals surface area contributed by atoms with Gasteiger partial charge in [-0.2, -0.15) is 4.68 Å². The van der Waals surface area contributed by atoms with Crippen LogP contribution >= 0.6 is 11.3 Å². The number of nitrogens with one attached hydrogen (secondary N) is 1. The third-order valence-electron chi connectivity index (χ3n) is 5.84. The highest BCUT2D eigenvalue weighted by molar-refractivity contribution is 7.90. The van der Waals surface area contributed by atoms with E-state index in [1.165, 1.54) is 15.8 Å². The molecule has 4 rings (SSSR count). The first-order valence-corrected chi connectivity index (χ1v) is 14.5. The molecule has 11 nitrogen and oxygen atoms in total. The van der Waals surface area contributed by atoms with E-state index in [4.69, 9.17) is 0 Å². The van der Waals surface area contributed by atoms with E-state index >= 15 is 0 Å². The lowest BCUT2D eigenvalue weighted by atomic mass is 10.2. The molecule has 39 heavy (non-hydrogen) atoms. The van der Waals surface area contributed by atoms with Crippen LogP contribution in [0.1, 0.15) is 70.3 Å². The molecule has 0 spiro atoms. The van der Waals surface area contributed by atoms with E-state index in [1.807, 2.05) is 6.92 Å². The van der Waals surface area contributed by atoms with Gasteiger partial charge in [-0.3, -0.25) is 9.59 Å². The number of sulfone groups is 1. The number of thiazole rings is 1. The first-order valence-electron chi connectivity index (χ1n) is 11.8. The van der Waals surface area contributed by atoms with Crippen molar-refractivity contribution in [1.82, 2.24) is 30.0 Å². The Kier molecular flexibility index (Phi) is 7.71. The van der Waals surface area contributed by atoms with Gasteiger partial charge in [0, 0.05) is 31.3 Å². The molecule has 1 aliphatic rings. The summed E-state index contributed by atoms with van der Waals surface area (Å²) in [6.45, 7) is 3.93. The molecule has 210 valence electrons. The summed E-state index contributed by atoms with van der Waals surface area (Å²) >= 11 is 1.10. The van der Waals surface area contributed by atoms with Crippen LogP contribution in [0.5, 0.6) is 5.75 Å². The Bertz CT molecular complexity index is 1510. The minimum atomic E-state index is -5.09. The van der Waals surface area contributed by atoms with Crippen molar-refractivity contribution in [3.63, 3.8) is 0 Å². The zero-order valence-electron chi connectivity index (χ0n) is 21.3. The molecule has 1 aromatic carbocycles. The summed E-state index contributed by atoms with van der Waals surface area (Å²) in [6.07, 6.45) is -1.07.